The van der Waals surface area contributed by atoms with Crippen LogP contribution in [0.1, 0.15) is 104 Å². The van der Waals surface area contributed by atoms with E-state index in [4.69, 9.17) is 0 Å². The second kappa shape index (κ2) is 11.7. The Bertz CT molecular complexity index is 346. The Kier molecular flexibility index (Phi) is 10.3. The highest BCUT2D eigenvalue weighted by atomic mass is 16.1. The molecule has 0 aromatic heterocycles. The second-order valence-electron chi connectivity index (χ2n) is 7.01. The lowest BCUT2D eigenvalue weighted by Gasteiger charge is -2.27. The molecule has 0 aromatic rings. The highest BCUT2D eigenvalue weighted by Gasteiger charge is 2.19. The molecule has 0 saturated carbocycles. The molecule has 0 saturated heterocycles. The molecule has 1 aliphatic heterocycles. The van der Waals surface area contributed by atoms with Crippen molar-refractivity contribution in [3.05, 3.63) is 11.3 Å². The lowest BCUT2D eigenvalue weighted by molar-refractivity contribution is -0.113. The van der Waals surface area contributed by atoms with Crippen molar-refractivity contribution >= 4 is 5.78 Å². The van der Waals surface area contributed by atoms with Crippen molar-refractivity contribution < 1.29 is 4.79 Å². The summed E-state index contributed by atoms with van der Waals surface area (Å²) in [7, 11) is 0. The molecule has 1 rings (SSSR count). The highest BCUT2D eigenvalue weighted by Crippen LogP contribution is 2.22. The molecule has 2 nitrogen and oxygen atoms in total. The van der Waals surface area contributed by atoms with Gasteiger partial charge in [0.15, 0.2) is 5.78 Å². The van der Waals surface area contributed by atoms with Gasteiger partial charge in [0.1, 0.15) is 0 Å². The summed E-state index contributed by atoms with van der Waals surface area (Å²) >= 11 is 0. The summed E-state index contributed by atoms with van der Waals surface area (Å²) in [5.41, 5.74) is 2.13. The van der Waals surface area contributed by atoms with Crippen molar-refractivity contribution in [1.82, 2.24) is 5.32 Å². The van der Waals surface area contributed by atoms with Gasteiger partial charge in [0.05, 0.1) is 0 Å². The number of ketones is 1. The van der Waals surface area contributed by atoms with Gasteiger partial charge in [-0.2, -0.15) is 0 Å². The molecule has 1 N–H and O–H groups in total. The number of unbranched alkanes of at least 4 members (excludes halogenated alkanes) is 9. The SMILES string of the molecule is CCCCCCCCCCCC[C@H]1CCC(C(C)=O)=C(C)N1. The van der Waals surface area contributed by atoms with Crippen LogP contribution in [-0.4, -0.2) is 11.8 Å². The van der Waals surface area contributed by atoms with E-state index in [0.717, 1.165) is 24.1 Å². The van der Waals surface area contributed by atoms with Gasteiger partial charge in [0.25, 0.3) is 0 Å². The maximum atomic E-state index is 11.5. The van der Waals surface area contributed by atoms with E-state index < -0.39 is 0 Å². The zero-order valence-corrected chi connectivity index (χ0v) is 15.2. The van der Waals surface area contributed by atoms with Crippen LogP contribution in [0.2, 0.25) is 0 Å². The number of carbonyl (C=O) groups excluding carboxylic acids is 1. The molecule has 0 spiro atoms. The minimum absolute atomic E-state index is 0.238. The third-order valence-corrected chi connectivity index (χ3v) is 4.95. The topological polar surface area (TPSA) is 29.1 Å². The molecule has 1 atom stereocenters. The first kappa shape index (κ1) is 19.3. The van der Waals surface area contributed by atoms with Gasteiger partial charge in [-0.25, -0.2) is 0 Å². The lowest BCUT2D eigenvalue weighted by Crippen LogP contribution is -2.33. The second-order valence-corrected chi connectivity index (χ2v) is 7.01. The molecule has 0 unspecified atom stereocenters. The molecule has 128 valence electrons. The van der Waals surface area contributed by atoms with Crippen LogP contribution < -0.4 is 5.32 Å². The molecule has 0 aliphatic carbocycles. The average molecular weight is 308 g/mol. The summed E-state index contributed by atoms with van der Waals surface area (Å²) in [5.74, 6) is 0.238. The Morgan fingerprint density at radius 1 is 1.00 bits per heavy atom. The Labute approximate surface area is 138 Å². The van der Waals surface area contributed by atoms with Gasteiger partial charge in [0.2, 0.25) is 0 Å². The molecular formula is C20H37NO. The number of allylic oxidation sites excluding steroid dienone is 2. The third-order valence-electron chi connectivity index (χ3n) is 4.95. The monoisotopic (exact) mass is 307 g/mol. The minimum Gasteiger partial charge on any atom is -0.386 e. The molecule has 22 heavy (non-hydrogen) atoms. The van der Waals surface area contributed by atoms with Crippen molar-refractivity contribution in [1.29, 1.82) is 0 Å². The van der Waals surface area contributed by atoms with Crippen molar-refractivity contribution in [2.45, 2.75) is 110 Å². The first-order valence-corrected chi connectivity index (χ1v) is 9.62. The Morgan fingerprint density at radius 3 is 2.05 bits per heavy atom. The van der Waals surface area contributed by atoms with Gasteiger partial charge >= 0.3 is 0 Å². The Morgan fingerprint density at radius 2 is 1.55 bits per heavy atom. The van der Waals surface area contributed by atoms with Gasteiger partial charge in [-0.1, -0.05) is 71.1 Å². The molecular weight excluding hydrogens is 270 g/mol. The van der Waals surface area contributed by atoms with Crippen molar-refractivity contribution in [2.24, 2.45) is 0 Å². The van der Waals surface area contributed by atoms with E-state index in [-0.39, 0.29) is 5.78 Å². The average Bonchev–Trinajstić information content (AvgIpc) is 2.49. The van der Waals surface area contributed by atoms with E-state index in [1.807, 2.05) is 0 Å². The highest BCUT2D eigenvalue weighted by molar-refractivity contribution is 5.94. The molecule has 0 amide bonds. The van der Waals surface area contributed by atoms with Crippen LogP contribution in [0, 0.1) is 0 Å². The Hall–Kier alpha value is -0.790. The van der Waals surface area contributed by atoms with Crippen LogP contribution in [0.25, 0.3) is 0 Å². The molecule has 1 aliphatic rings. The first-order valence-electron chi connectivity index (χ1n) is 9.62. The zero-order valence-electron chi connectivity index (χ0n) is 15.2. The third kappa shape index (κ3) is 8.00. The lowest BCUT2D eigenvalue weighted by atomic mass is 9.93. The predicted octanol–water partition coefficient (Wildman–Crippen LogP) is 5.91. The number of carbonyl (C=O) groups is 1. The van der Waals surface area contributed by atoms with Gasteiger partial charge in [-0.15, -0.1) is 0 Å². The van der Waals surface area contributed by atoms with Crippen molar-refractivity contribution in [2.75, 3.05) is 0 Å². The van der Waals surface area contributed by atoms with Crippen LogP contribution in [-0.2, 0) is 4.79 Å². The van der Waals surface area contributed by atoms with Gasteiger partial charge in [0, 0.05) is 17.3 Å². The summed E-state index contributed by atoms with van der Waals surface area (Å²) in [4.78, 5) is 11.5. The van der Waals surface area contributed by atoms with Crippen LogP contribution in [0.5, 0.6) is 0 Å². The van der Waals surface area contributed by atoms with E-state index >= 15 is 0 Å². The molecule has 0 radical (unpaired) electrons. The minimum atomic E-state index is 0.238. The molecule has 0 bridgehead atoms. The number of hydrogen-bond acceptors (Lipinski definition) is 2. The number of Topliss-reactive ketones (excluding diaryl/α,β-unsaturated/α-hetero) is 1. The largest absolute Gasteiger partial charge is 0.386 e. The maximum Gasteiger partial charge on any atom is 0.157 e. The zero-order chi connectivity index (χ0) is 16.2. The number of rotatable bonds is 12. The van der Waals surface area contributed by atoms with Crippen molar-refractivity contribution in [3.63, 3.8) is 0 Å². The van der Waals surface area contributed by atoms with E-state index in [9.17, 15) is 4.79 Å². The van der Waals surface area contributed by atoms with E-state index in [1.165, 1.54) is 70.6 Å². The first-order chi connectivity index (χ1) is 10.6. The Balaban J connectivity index is 1.97. The van der Waals surface area contributed by atoms with Gasteiger partial charge < -0.3 is 5.32 Å². The summed E-state index contributed by atoms with van der Waals surface area (Å²) in [6.07, 6.45) is 17.3. The number of nitrogens with one attached hydrogen (secondary N) is 1. The summed E-state index contributed by atoms with van der Waals surface area (Å²) < 4.78 is 0. The fraction of sp³-hybridized carbons (Fsp3) is 0.850. The van der Waals surface area contributed by atoms with Crippen LogP contribution >= 0.6 is 0 Å². The number of hydrogen-bond donors (Lipinski definition) is 1. The van der Waals surface area contributed by atoms with E-state index in [0.29, 0.717) is 6.04 Å². The van der Waals surface area contributed by atoms with Gasteiger partial charge in [-0.3, -0.25) is 4.79 Å². The van der Waals surface area contributed by atoms with Crippen molar-refractivity contribution in [3.8, 4) is 0 Å². The quantitative estimate of drug-likeness (QED) is 0.454. The van der Waals surface area contributed by atoms with E-state index in [2.05, 4.69) is 19.2 Å². The fourth-order valence-electron chi connectivity index (χ4n) is 3.51. The smallest absolute Gasteiger partial charge is 0.157 e. The summed E-state index contributed by atoms with van der Waals surface area (Å²) in [5, 5.41) is 3.54. The van der Waals surface area contributed by atoms with E-state index in [1.54, 1.807) is 6.92 Å². The molecule has 0 aromatic carbocycles. The fourth-order valence-corrected chi connectivity index (χ4v) is 3.51. The standard InChI is InChI=1S/C20H37NO/c1-4-5-6-7-8-9-10-11-12-13-14-19-15-16-20(18(3)22)17(2)21-19/h19,21H,4-16H2,1-3H3/t19-/m0/s1. The summed E-state index contributed by atoms with van der Waals surface area (Å²) in [6.45, 7) is 6.02. The predicted molar refractivity (Wildman–Crippen MR) is 96.0 cm³/mol. The van der Waals surface area contributed by atoms with Crippen LogP contribution in [0.15, 0.2) is 11.3 Å². The summed E-state index contributed by atoms with van der Waals surface area (Å²) in [6, 6.07) is 0.595. The molecule has 2 heteroatoms. The maximum absolute atomic E-state index is 11.5. The molecule has 0 fully saturated rings. The normalized spacial score (nSPS) is 18.4. The van der Waals surface area contributed by atoms with Gasteiger partial charge in [-0.05, 0) is 33.1 Å². The van der Waals surface area contributed by atoms with Crippen LogP contribution in [0.3, 0.4) is 0 Å². The van der Waals surface area contributed by atoms with Crippen LogP contribution in [0.4, 0.5) is 0 Å². The molecule has 1 heterocycles.